The molecular weight excluding hydrogens is 210 g/mol. The highest BCUT2D eigenvalue weighted by Crippen LogP contribution is 2.11. The molecule has 0 aliphatic carbocycles. The first-order chi connectivity index (χ1) is 7.52. The van der Waals surface area contributed by atoms with Crippen LogP contribution in [0.25, 0.3) is 0 Å². The lowest BCUT2D eigenvalue weighted by Gasteiger charge is -2.20. The molecule has 0 aromatic heterocycles. The average Bonchev–Trinajstić information content (AvgIpc) is 2.22. The van der Waals surface area contributed by atoms with Gasteiger partial charge in [0, 0.05) is 0 Å². The van der Waals surface area contributed by atoms with E-state index in [1.807, 2.05) is 6.92 Å². The molecule has 2 N–H and O–H groups in total. The van der Waals surface area contributed by atoms with E-state index in [9.17, 15) is 9.59 Å². The summed E-state index contributed by atoms with van der Waals surface area (Å²) in [5.41, 5.74) is 0. The summed E-state index contributed by atoms with van der Waals surface area (Å²) in [5.74, 6) is -1.17. The molecular formula is C11H19NO4. The molecule has 0 fully saturated rings. The van der Waals surface area contributed by atoms with E-state index in [4.69, 9.17) is 5.11 Å². The van der Waals surface area contributed by atoms with E-state index in [0.29, 0.717) is 0 Å². The Kier molecular flexibility index (Phi) is 7.00. The predicted molar refractivity (Wildman–Crippen MR) is 60.2 cm³/mol. The Morgan fingerprint density at radius 3 is 2.62 bits per heavy atom. The Hall–Kier alpha value is -1.52. The van der Waals surface area contributed by atoms with Crippen LogP contribution in [-0.2, 0) is 9.53 Å². The molecule has 0 aromatic carbocycles. The average molecular weight is 229 g/mol. The van der Waals surface area contributed by atoms with Crippen molar-refractivity contribution >= 4 is 12.1 Å². The van der Waals surface area contributed by atoms with Crippen LogP contribution in [0, 0.1) is 5.92 Å². The fourth-order valence-electron chi connectivity index (χ4n) is 1.37. The number of alkyl carbamates (subject to hydrolysis) is 1. The topological polar surface area (TPSA) is 75.6 Å². The minimum Gasteiger partial charge on any atom is -0.480 e. The number of ether oxygens (including phenoxy) is 1. The molecule has 0 spiro atoms. The van der Waals surface area contributed by atoms with Crippen molar-refractivity contribution in [3.05, 3.63) is 12.7 Å². The van der Waals surface area contributed by atoms with E-state index in [0.717, 1.165) is 12.8 Å². The van der Waals surface area contributed by atoms with Gasteiger partial charge < -0.3 is 15.2 Å². The molecule has 0 aliphatic heterocycles. The maximum absolute atomic E-state index is 11.2. The molecule has 0 saturated carbocycles. The van der Waals surface area contributed by atoms with Gasteiger partial charge in [0.25, 0.3) is 0 Å². The molecule has 0 aromatic rings. The van der Waals surface area contributed by atoms with Crippen molar-refractivity contribution < 1.29 is 19.4 Å². The van der Waals surface area contributed by atoms with Crippen LogP contribution in [0.3, 0.4) is 0 Å². The molecule has 16 heavy (non-hydrogen) atoms. The molecule has 5 nitrogen and oxygen atoms in total. The van der Waals surface area contributed by atoms with Gasteiger partial charge >= 0.3 is 12.1 Å². The first-order valence-corrected chi connectivity index (χ1v) is 5.29. The third-order valence-electron chi connectivity index (χ3n) is 2.18. The second kappa shape index (κ2) is 7.73. The Bertz CT molecular complexity index is 252. The highest BCUT2D eigenvalue weighted by Gasteiger charge is 2.26. The lowest BCUT2D eigenvalue weighted by molar-refractivity contribution is -0.140. The highest BCUT2D eigenvalue weighted by molar-refractivity contribution is 5.80. The van der Waals surface area contributed by atoms with E-state index in [1.165, 1.54) is 6.08 Å². The molecule has 0 radical (unpaired) electrons. The number of carbonyl (C=O) groups excluding carboxylic acids is 1. The normalized spacial score (nSPS) is 13.6. The van der Waals surface area contributed by atoms with Crippen molar-refractivity contribution in [2.45, 2.75) is 32.7 Å². The molecule has 0 rings (SSSR count). The van der Waals surface area contributed by atoms with E-state index < -0.39 is 18.1 Å². The molecule has 2 atom stereocenters. The molecule has 2 unspecified atom stereocenters. The summed E-state index contributed by atoms with van der Waals surface area (Å²) >= 11 is 0. The van der Waals surface area contributed by atoms with Crippen molar-refractivity contribution in [2.24, 2.45) is 5.92 Å². The van der Waals surface area contributed by atoms with E-state index in [2.05, 4.69) is 16.6 Å². The minimum atomic E-state index is -1.04. The van der Waals surface area contributed by atoms with Gasteiger partial charge in [-0.1, -0.05) is 32.9 Å². The van der Waals surface area contributed by atoms with Crippen molar-refractivity contribution in [3.63, 3.8) is 0 Å². The fourth-order valence-corrected chi connectivity index (χ4v) is 1.37. The maximum atomic E-state index is 11.2. The second-order valence-electron chi connectivity index (χ2n) is 3.61. The van der Waals surface area contributed by atoms with E-state index in [-0.39, 0.29) is 12.5 Å². The molecule has 92 valence electrons. The van der Waals surface area contributed by atoms with Crippen molar-refractivity contribution in [1.29, 1.82) is 0 Å². The van der Waals surface area contributed by atoms with Crippen molar-refractivity contribution in [1.82, 2.24) is 5.32 Å². The number of carbonyl (C=O) groups is 2. The first kappa shape index (κ1) is 14.5. The number of hydrogen-bond donors (Lipinski definition) is 2. The summed E-state index contributed by atoms with van der Waals surface area (Å²) in [6.07, 6.45) is 2.30. The number of carboxylic acid groups (broad SMARTS) is 1. The summed E-state index contributed by atoms with van der Waals surface area (Å²) in [6.45, 7) is 7.21. The molecule has 0 heterocycles. The molecule has 5 heteroatoms. The van der Waals surface area contributed by atoms with Gasteiger partial charge in [-0.2, -0.15) is 0 Å². The summed E-state index contributed by atoms with van der Waals surface area (Å²) < 4.78 is 4.67. The summed E-state index contributed by atoms with van der Waals surface area (Å²) in [6, 6.07) is -0.905. The number of hydrogen-bond acceptors (Lipinski definition) is 3. The monoisotopic (exact) mass is 229 g/mol. The Labute approximate surface area is 95.5 Å². The van der Waals surface area contributed by atoms with Gasteiger partial charge in [-0.05, 0) is 12.3 Å². The number of nitrogens with one attached hydrogen (secondary N) is 1. The summed E-state index contributed by atoms with van der Waals surface area (Å²) in [4.78, 5) is 22.1. The smallest absolute Gasteiger partial charge is 0.408 e. The summed E-state index contributed by atoms with van der Waals surface area (Å²) in [7, 11) is 0. The van der Waals surface area contributed by atoms with Gasteiger partial charge in [-0.25, -0.2) is 9.59 Å². The zero-order valence-corrected chi connectivity index (χ0v) is 9.73. The highest BCUT2D eigenvalue weighted by atomic mass is 16.5. The van der Waals surface area contributed by atoms with Crippen LogP contribution < -0.4 is 5.32 Å². The second-order valence-corrected chi connectivity index (χ2v) is 3.61. The third-order valence-corrected chi connectivity index (χ3v) is 2.18. The van der Waals surface area contributed by atoms with Crippen LogP contribution in [0.5, 0.6) is 0 Å². The van der Waals surface area contributed by atoms with E-state index >= 15 is 0 Å². The fraction of sp³-hybridized carbons (Fsp3) is 0.636. The van der Waals surface area contributed by atoms with Crippen LogP contribution in [0.4, 0.5) is 4.79 Å². The molecule has 0 bridgehead atoms. The van der Waals surface area contributed by atoms with Crippen LogP contribution in [0.2, 0.25) is 0 Å². The largest absolute Gasteiger partial charge is 0.480 e. The van der Waals surface area contributed by atoms with Crippen LogP contribution >= 0.6 is 0 Å². The lowest BCUT2D eigenvalue weighted by atomic mass is 9.97. The quantitative estimate of drug-likeness (QED) is 0.652. The molecule has 0 saturated heterocycles. The number of amides is 1. The SMILES string of the molecule is C=CCOC(=O)NC(C(=O)O)C(C)CCC. The maximum Gasteiger partial charge on any atom is 0.408 e. The molecule has 1 amide bonds. The van der Waals surface area contributed by atoms with Crippen molar-refractivity contribution in [2.75, 3.05) is 6.61 Å². The van der Waals surface area contributed by atoms with E-state index in [1.54, 1.807) is 6.92 Å². The number of rotatable bonds is 7. The lowest BCUT2D eigenvalue weighted by Crippen LogP contribution is -2.45. The Morgan fingerprint density at radius 2 is 2.19 bits per heavy atom. The third kappa shape index (κ3) is 5.38. The van der Waals surface area contributed by atoms with Crippen LogP contribution in [0.1, 0.15) is 26.7 Å². The van der Waals surface area contributed by atoms with Crippen LogP contribution in [-0.4, -0.2) is 29.8 Å². The van der Waals surface area contributed by atoms with Crippen molar-refractivity contribution in [3.8, 4) is 0 Å². The van der Waals surface area contributed by atoms with Gasteiger partial charge in [0.1, 0.15) is 12.6 Å². The van der Waals surface area contributed by atoms with Gasteiger partial charge in [0.2, 0.25) is 0 Å². The standard InChI is InChI=1S/C11H19NO4/c1-4-6-8(3)9(10(13)14)12-11(15)16-7-5-2/h5,8-9H,2,4,6-7H2,1,3H3,(H,12,15)(H,13,14). The predicted octanol–water partition coefficient (Wildman–Crippen LogP) is 1.79. The van der Waals surface area contributed by atoms with Gasteiger partial charge in [-0.3, -0.25) is 0 Å². The Morgan fingerprint density at radius 1 is 1.56 bits per heavy atom. The summed E-state index contributed by atoms with van der Waals surface area (Å²) in [5, 5.41) is 11.3. The molecule has 0 aliphatic rings. The van der Waals surface area contributed by atoms with Gasteiger partial charge in [0.05, 0.1) is 0 Å². The van der Waals surface area contributed by atoms with Gasteiger partial charge in [-0.15, -0.1) is 0 Å². The Balaban J connectivity index is 4.27. The first-order valence-electron chi connectivity index (χ1n) is 5.29. The van der Waals surface area contributed by atoms with Gasteiger partial charge in [0.15, 0.2) is 0 Å². The zero-order valence-electron chi connectivity index (χ0n) is 9.73. The minimum absolute atomic E-state index is 0.0698. The number of carboxylic acids is 1. The van der Waals surface area contributed by atoms with Crippen LogP contribution in [0.15, 0.2) is 12.7 Å². The number of aliphatic carboxylic acids is 1. The zero-order chi connectivity index (χ0) is 12.6.